The van der Waals surface area contributed by atoms with Gasteiger partial charge in [0.2, 0.25) is 0 Å². The summed E-state index contributed by atoms with van der Waals surface area (Å²) in [5.74, 6) is 0. The summed E-state index contributed by atoms with van der Waals surface area (Å²) in [7, 11) is 0. The summed E-state index contributed by atoms with van der Waals surface area (Å²) in [6.07, 6.45) is 8.05. The lowest BCUT2D eigenvalue weighted by molar-refractivity contribution is 1.14. The van der Waals surface area contributed by atoms with Gasteiger partial charge in [-0.2, -0.15) is 0 Å². The van der Waals surface area contributed by atoms with Crippen molar-refractivity contribution < 1.29 is 0 Å². The number of pyridine rings is 1. The van der Waals surface area contributed by atoms with Crippen LogP contribution in [0.5, 0.6) is 0 Å². The highest BCUT2D eigenvalue weighted by atomic mass is 15.0. The number of fused-ring (bicyclic) bond motifs is 1. The molecule has 0 aliphatic carbocycles. The van der Waals surface area contributed by atoms with Crippen LogP contribution in [0.4, 0.5) is 0 Å². The molecule has 0 aliphatic rings. The van der Waals surface area contributed by atoms with Crippen LogP contribution in [0.15, 0.2) is 59.9 Å². The molecular formula is C20H21N3. The maximum atomic E-state index is 4.52. The van der Waals surface area contributed by atoms with E-state index < -0.39 is 0 Å². The van der Waals surface area contributed by atoms with Crippen molar-refractivity contribution in [1.82, 2.24) is 9.38 Å². The summed E-state index contributed by atoms with van der Waals surface area (Å²) in [6, 6.07) is 12.7. The van der Waals surface area contributed by atoms with Crippen LogP contribution in [0, 0.1) is 6.92 Å². The lowest BCUT2D eigenvalue weighted by Crippen LogP contribution is -1.91. The maximum absolute atomic E-state index is 4.52. The molecule has 0 radical (unpaired) electrons. The number of hydrogen-bond donors (Lipinski definition) is 0. The van der Waals surface area contributed by atoms with Crippen molar-refractivity contribution in [2.45, 2.75) is 20.8 Å². The minimum absolute atomic E-state index is 0.795. The van der Waals surface area contributed by atoms with Gasteiger partial charge in [-0.15, -0.1) is 0 Å². The average Bonchev–Trinajstić information content (AvgIpc) is 2.99. The Labute approximate surface area is 137 Å². The van der Waals surface area contributed by atoms with Crippen LogP contribution in [0.25, 0.3) is 22.5 Å². The molecule has 0 saturated heterocycles. The number of aromatic nitrogens is 2. The lowest BCUT2D eigenvalue weighted by atomic mass is 10.0. The first-order chi connectivity index (χ1) is 11.2. The summed E-state index contributed by atoms with van der Waals surface area (Å²) >= 11 is 0. The van der Waals surface area contributed by atoms with Crippen molar-refractivity contribution in [3.8, 4) is 11.3 Å². The van der Waals surface area contributed by atoms with Crippen molar-refractivity contribution in [2.75, 3.05) is 6.54 Å². The number of allylic oxidation sites excluding steroid dienone is 2. The van der Waals surface area contributed by atoms with E-state index in [0.29, 0.717) is 0 Å². The molecule has 23 heavy (non-hydrogen) atoms. The van der Waals surface area contributed by atoms with E-state index in [1.165, 1.54) is 11.1 Å². The maximum Gasteiger partial charge on any atom is 0.137 e. The third-order valence-electron chi connectivity index (χ3n) is 3.88. The molecule has 0 spiro atoms. The fourth-order valence-corrected chi connectivity index (χ4v) is 2.66. The molecule has 2 heterocycles. The molecule has 0 amide bonds. The van der Waals surface area contributed by atoms with Gasteiger partial charge in [0.05, 0.1) is 11.9 Å². The molecule has 0 aliphatic heterocycles. The number of benzene rings is 1. The molecule has 3 heteroatoms. The summed E-state index contributed by atoms with van der Waals surface area (Å²) in [5, 5.41) is 0. The summed E-state index contributed by atoms with van der Waals surface area (Å²) in [5.41, 5.74) is 6.76. The molecule has 0 atom stereocenters. The Morgan fingerprint density at radius 1 is 1.26 bits per heavy atom. The van der Waals surface area contributed by atoms with Gasteiger partial charge in [-0.1, -0.05) is 24.3 Å². The third kappa shape index (κ3) is 3.09. The predicted molar refractivity (Wildman–Crippen MR) is 98.0 cm³/mol. The Bertz CT molecular complexity index is 885. The van der Waals surface area contributed by atoms with Crippen molar-refractivity contribution in [2.24, 2.45) is 4.99 Å². The van der Waals surface area contributed by atoms with Gasteiger partial charge < -0.3 is 0 Å². The largest absolute Gasteiger partial charge is 0.300 e. The van der Waals surface area contributed by atoms with E-state index in [1.54, 1.807) is 0 Å². The van der Waals surface area contributed by atoms with Crippen LogP contribution in [-0.4, -0.2) is 22.1 Å². The molecule has 0 N–H and O–H groups in total. The van der Waals surface area contributed by atoms with E-state index in [4.69, 9.17) is 0 Å². The van der Waals surface area contributed by atoms with Crippen LogP contribution >= 0.6 is 0 Å². The first-order valence-corrected chi connectivity index (χ1v) is 7.93. The number of aryl methyl sites for hydroxylation is 1. The Morgan fingerprint density at radius 2 is 2.13 bits per heavy atom. The van der Waals surface area contributed by atoms with Crippen LogP contribution in [0.1, 0.15) is 25.0 Å². The second kappa shape index (κ2) is 6.61. The molecule has 3 aromatic rings. The third-order valence-corrected chi connectivity index (χ3v) is 3.88. The van der Waals surface area contributed by atoms with Gasteiger partial charge in [0.15, 0.2) is 0 Å². The van der Waals surface area contributed by atoms with E-state index in [9.17, 15) is 0 Å². The van der Waals surface area contributed by atoms with Crippen molar-refractivity contribution >= 4 is 17.4 Å². The fraction of sp³-hybridized carbons (Fsp3) is 0.200. The van der Waals surface area contributed by atoms with Crippen LogP contribution in [-0.2, 0) is 0 Å². The number of aliphatic imine (C=N–C) groups is 1. The standard InChI is InChI=1S/C20H21N3/c1-4-16(13-21-5-2)17-7-6-8-18(12-17)19-14-22-20-11-15(3)9-10-23(19)20/h4,6-14H,5H2,1-3H3/b16-4+,21-13?. The molecule has 1 aromatic carbocycles. The minimum atomic E-state index is 0.795. The Kier molecular flexibility index (Phi) is 4.38. The smallest absolute Gasteiger partial charge is 0.137 e. The van der Waals surface area contributed by atoms with Gasteiger partial charge in [-0.25, -0.2) is 4.98 Å². The van der Waals surface area contributed by atoms with E-state index in [0.717, 1.165) is 29.0 Å². The molecule has 3 nitrogen and oxygen atoms in total. The van der Waals surface area contributed by atoms with Gasteiger partial charge in [0, 0.05) is 24.5 Å². The molecule has 0 bridgehead atoms. The van der Waals surface area contributed by atoms with Gasteiger partial charge in [0.25, 0.3) is 0 Å². The van der Waals surface area contributed by atoms with Crippen molar-refractivity contribution in [1.29, 1.82) is 0 Å². The van der Waals surface area contributed by atoms with E-state index >= 15 is 0 Å². The first kappa shape index (κ1) is 15.2. The fourth-order valence-electron chi connectivity index (χ4n) is 2.66. The SMILES string of the molecule is C/C=C(\C=NCC)c1cccc(-c2cnc3cc(C)ccn23)c1. The van der Waals surface area contributed by atoms with Gasteiger partial charge in [-0.3, -0.25) is 9.39 Å². The molecule has 116 valence electrons. The first-order valence-electron chi connectivity index (χ1n) is 7.93. The summed E-state index contributed by atoms with van der Waals surface area (Å²) < 4.78 is 2.13. The zero-order chi connectivity index (χ0) is 16.2. The Balaban J connectivity index is 2.06. The second-order valence-electron chi connectivity index (χ2n) is 5.53. The summed E-state index contributed by atoms with van der Waals surface area (Å²) in [4.78, 5) is 8.88. The van der Waals surface area contributed by atoms with Gasteiger partial charge in [-0.05, 0) is 55.7 Å². The second-order valence-corrected chi connectivity index (χ2v) is 5.53. The number of nitrogens with zero attached hydrogens (tertiary/aromatic N) is 3. The van der Waals surface area contributed by atoms with Crippen molar-refractivity contribution in [3.63, 3.8) is 0 Å². The van der Waals surface area contributed by atoms with E-state index in [-0.39, 0.29) is 0 Å². The summed E-state index contributed by atoms with van der Waals surface area (Å²) in [6.45, 7) is 6.96. The molecule has 2 aromatic heterocycles. The minimum Gasteiger partial charge on any atom is -0.300 e. The molecule has 0 unspecified atom stereocenters. The van der Waals surface area contributed by atoms with Crippen LogP contribution in [0.3, 0.4) is 0 Å². The number of imidazole rings is 1. The molecule has 3 rings (SSSR count). The molecule has 0 fully saturated rings. The van der Waals surface area contributed by atoms with Crippen LogP contribution in [0.2, 0.25) is 0 Å². The van der Waals surface area contributed by atoms with Crippen LogP contribution < -0.4 is 0 Å². The lowest BCUT2D eigenvalue weighted by Gasteiger charge is -2.06. The zero-order valence-electron chi connectivity index (χ0n) is 13.8. The topological polar surface area (TPSA) is 29.7 Å². The Hall–Kier alpha value is -2.68. The highest BCUT2D eigenvalue weighted by Gasteiger charge is 2.07. The zero-order valence-corrected chi connectivity index (χ0v) is 13.8. The molecule has 0 saturated carbocycles. The van der Waals surface area contributed by atoms with E-state index in [2.05, 4.69) is 70.0 Å². The van der Waals surface area contributed by atoms with Gasteiger partial charge >= 0.3 is 0 Å². The quantitative estimate of drug-likeness (QED) is 0.636. The highest BCUT2D eigenvalue weighted by Crippen LogP contribution is 2.24. The predicted octanol–water partition coefficient (Wildman–Crippen LogP) is 4.80. The van der Waals surface area contributed by atoms with E-state index in [1.807, 2.05) is 26.3 Å². The molecular weight excluding hydrogens is 282 g/mol. The number of hydrogen-bond acceptors (Lipinski definition) is 2. The normalized spacial score (nSPS) is 12.4. The monoisotopic (exact) mass is 303 g/mol. The van der Waals surface area contributed by atoms with Crippen molar-refractivity contribution in [3.05, 3.63) is 66.0 Å². The average molecular weight is 303 g/mol. The number of rotatable bonds is 4. The Morgan fingerprint density at radius 3 is 2.91 bits per heavy atom. The highest BCUT2D eigenvalue weighted by molar-refractivity contribution is 6.10. The van der Waals surface area contributed by atoms with Gasteiger partial charge in [0.1, 0.15) is 5.65 Å².